The van der Waals surface area contributed by atoms with Crippen molar-refractivity contribution in [2.75, 3.05) is 31.1 Å². The number of rotatable bonds is 5. The molecule has 3 aromatic rings. The highest BCUT2D eigenvalue weighted by Gasteiger charge is 2.53. The second-order valence-corrected chi connectivity index (χ2v) is 10.8. The van der Waals surface area contributed by atoms with Crippen molar-refractivity contribution in [3.05, 3.63) is 64.2 Å². The predicted molar refractivity (Wildman–Crippen MR) is 132 cm³/mol. The molecule has 172 valence electrons. The molecule has 0 bridgehead atoms. The van der Waals surface area contributed by atoms with Crippen molar-refractivity contribution in [2.24, 2.45) is 5.41 Å². The maximum Gasteiger partial charge on any atom is 0.350 e. The van der Waals surface area contributed by atoms with E-state index in [0.29, 0.717) is 5.65 Å². The fraction of sp³-hybridized carbons (Fsp3) is 0.520. The predicted octanol–water partition coefficient (Wildman–Crippen LogP) is 4.51. The third kappa shape index (κ3) is 3.54. The number of hydrogen-bond donors (Lipinski definition) is 0. The molecule has 4 rings (SSSR count). The molecule has 1 aromatic carbocycles. The van der Waals surface area contributed by atoms with E-state index >= 15 is 0 Å². The van der Waals surface area contributed by atoms with E-state index in [0.717, 1.165) is 31.2 Å². The summed E-state index contributed by atoms with van der Waals surface area (Å²) >= 11 is 6.20. The molecule has 0 atom stereocenters. The van der Waals surface area contributed by atoms with Crippen LogP contribution in [0.1, 0.15) is 41.5 Å². The van der Waals surface area contributed by atoms with Crippen LogP contribution >= 0.6 is 11.6 Å². The summed E-state index contributed by atoms with van der Waals surface area (Å²) in [7, 11) is 0. The molecule has 0 aliphatic carbocycles. The third-order valence-electron chi connectivity index (χ3n) is 8.26. The van der Waals surface area contributed by atoms with E-state index in [2.05, 4.69) is 57.4 Å². The SMILES string of the molecule is CC(C)(N1CCN(c2cccc(Cl)c2)CC1)C(C)(C)C(C)(C)n1nc2ccccn2c1=O. The number of aromatic nitrogens is 3. The summed E-state index contributed by atoms with van der Waals surface area (Å²) in [4.78, 5) is 18.1. The van der Waals surface area contributed by atoms with Gasteiger partial charge in [0.1, 0.15) is 0 Å². The van der Waals surface area contributed by atoms with Gasteiger partial charge in [0.2, 0.25) is 0 Å². The van der Waals surface area contributed by atoms with Gasteiger partial charge < -0.3 is 4.90 Å². The molecular formula is C25H34ClN5O. The summed E-state index contributed by atoms with van der Waals surface area (Å²) in [5, 5.41) is 5.47. The largest absolute Gasteiger partial charge is 0.369 e. The molecule has 1 aliphatic rings. The Morgan fingerprint density at radius 2 is 1.56 bits per heavy atom. The molecule has 6 nitrogen and oxygen atoms in total. The van der Waals surface area contributed by atoms with Crippen LogP contribution in [0.3, 0.4) is 0 Å². The van der Waals surface area contributed by atoms with Gasteiger partial charge in [0.05, 0.1) is 5.54 Å². The fourth-order valence-corrected chi connectivity index (χ4v) is 5.08. The number of nitrogens with zero attached hydrogens (tertiary/aromatic N) is 5. The van der Waals surface area contributed by atoms with Gasteiger partial charge >= 0.3 is 5.69 Å². The van der Waals surface area contributed by atoms with E-state index in [9.17, 15) is 4.79 Å². The molecule has 0 N–H and O–H groups in total. The van der Waals surface area contributed by atoms with E-state index in [1.54, 1.807) is 15.3 Å². The van der Waals surface area contributed by atoms with Gasteiger partial charge in [0.25, 0.3) is 0 Å². The van der Waals surface area contributed by atoms with Crippen LogP contribution in [0.2, 0.25) is 5.02 Å². The topological polar surface area (TPSA) is 45.8 Å². The molecule has 0 unspecified atom stereocenters. The van der Waals surface area contributed by atoms with Crippen LogP contribution in [0.5, 0.6) is 0 Å². The molecule has 0 radical (unpaired) electrons. The average Bonchev–Trinajstić information content (AvgIpc) is 3.11. The summed E-state index contributed by atoms with van der Waals surface area (Å²) in [6.07, 6.45) is 1.78. The van der Waals surface area contributed by atoms with E-state index < -0.39 is 5.54 Å². The summed E-state index contributed by atoms with van der Waals surface area (Å²) in [5.41, 5.74) is 0.802. The number of halogens is 1. The normalized spacial score (nSPS) is 16.7. The number of hydrogen-bond acceptors (Lipinski definition) is 4. The quantitative estimate of drug-likeness (QED) is 0.567. The minimum Gasteiger partial charge on any atom is -0.369 e. The van der Waals surface area contributed by atoms with Crippen LogP contribution in [0.4, 0.5) is 5.69 Å². The Bertz CT molecular complexity index is 1170. The average molecular weight is 456 g/mol. The highest BCUT2D eigenvalue weighted by atomic mass is 35.5. The highest BCUT2D eigenvalue weighted by Crippen LogP contribution is 2.47. The molecular weight excluding hydrogens is 422 g/mol. The lowest BCUT2D eigenvalue weighted by Gasteiger charge is -2.57. The second-order valence-electron chi connectivity index (χ2n) is 10.3. The maximum absolute atomic E-state index is 13.2. The van der Waals surface area contributed by atoms with E-state index in [-0.39, 0.29) is 16.6 Å². The lowest BCUT2D eigenvalue weighted by Crippen LogP contribution is -2.66. The maximum atomic E-state index is 13.2. The van der Waals surface area contributed by atoms with Crippen molar-refractivity contribution >= 4 is 22.9 Å². The number of anilines is 1. The van der Waals surface area contributed by atoms with E-state index in [4.69, 9.17) is 16.7 Å². The van der Waals surface area contributed by atoms with Crippen LogP contribution in [0.25, 0.3) is 5.65 Å². The zero-order chi connectivity index (χ0) is 23.3. The van der Waals surface area contributed by atoms with E-state index in [1.165, 1.54) is 5.69 Å². The number of fused-ring (bicyclic) bond motifs is 1. The molecule has 3 heterocycles. The van der Waals surface area contributed by atoms with Crippen molar-refractivity contribution in [3.63, 3.8) is 0 Å². The molecule has 1 fully saturated rings. The molecule has 7 heteroatoms. The van der Waals surface area contributed by atoms with Gasteiger partial charge in [0.15, 0.2) is 5.65 Å². The van der Waals surface area contributed by atoms with Crippen molar-refractivity contribution in [1.29, 1.82) is 0 Å². The second kappa shape index (κ2) is 7.92. The van der Waals surface area contributed by atoms with Crippen molar-refractivity contribution in [2.45, 2.75) is 52.6 Å². The zero-order valence-corrected chi connectivity index (χ0v) is 20.7. The van der Waals surface area contributed by atoms with Gasteiger partial charge in [-0.2, -0.15) is 0 Å². The summed E-state index contributed by atoms with van der Waals surface area (Å²) < 4.78 is 3.29. The molecule has 1 aliphatic heterocycles. The molecule has 32 heavy (non-hydrogen) atoms. The first-order valence-corrected chi connectivity index (χ1v) is 11.7. The lowest BCUT2D eigenvalue weighted by molar-refractivity contribution is -0.0644. The van der Waals surface area contributed by atoms with Gasteiger partial charge in [-0.25, -0.2) is 9.48 Å². The minimum absolute atomic E-state index is 0.0970. The Labute approximate surface area is 195 Å². The highest BCUT2D eigenvalue weighted by molar-refractivity contribution is 6.30. The van der Waals surface area contributed by atoms with Crippen LogP contribution < -0.4 is 10.6 Å². The van der Waals surface area contributed by atoms with Gasteiger partial charge in [-0.05, 0) is 58.0 Å². The van der Waals surface area contributed by atoms with Gasteiger partial charge in [-0.3, -0.25) is 9.30 Å². The minimum atomic E-state index is -0.510. The van der Waals surface area contributed by atoms with Crippen LogP contribution in [-0.4, -0.2) is 50.8 Å². The standard InChI is InChI=1S/C25H34ClN5O/c1-23(2,25(5,6)31-22(32)30-13-8-7-12-21(30)27-31)24(3,4)29-16-14-28(15-17-29)20-11-9-10-19(26)18-20/h7-13,18H,14-17H2,1-6H3. The third-order valence-corrected chi connectivity index (χ3v) is 8.50. The van der Waals surface area contributed by atoms with Gasteiger partial charge in [-0.1, -0.05) is 37.6 Å². The Kier molecular flexibility index (Phi) is 5.66. The lowest BCUT2D eigenvalue weighted by atomic mass is 9.62. The Morgan fingerprint density at radius 3 is 2.19 bits per heavy atom. The Hall–Kier alpha value is -2.31. The fourth-order valence-electron chi connectivity index (χ4n) is 4.89. The van der Waals surface area contributed by atoms with Crippen molar-refractivity contribution in [3.8, 4) is 0 Å². The van der Waals surface area contributed by atoms with Crippen LogP contribution in [-0.2, 0) is 5.54 Å². The number of piperazine rings is 1. The summed E-state index contributed by atoms with van der Waals surface area (Å²) in [5.74, 6) is 0. The van der Waals surface area contributed by atoms with Crippen molar-refractivity contribution < 1.29 is 0 Å². The van der Waals surface area contributed by atoms with E-state index in [1.807, 2.05) is 36.4 Å². The molecule has 2 aromatic heterocycles. The van der Waals surface area contributed by atoms with Gasteiger partial charge in [-0.15, -0.1) is 5.10 Å². The molecule has 0 saturated carbocycles. The molecule has 0 amide bonds. The van der Waals surface area contributed by atoms with Gasteiger partial charge in [0, 0.05) is 54.0 Å². The van der Waals surface area contributed by atoms with Crippen LogP contribution in [0, 0.1) is 5.41 Å². The molecule has 1 saturated heterocycles. The molecule has 0 spiro atoms. The summed E-state index contributed by atoms with van der Waals surface area (Å²) in [6.45, 7) is 17.1. The summed E-state index contributed by atoms with van der Waals surface area (Å²) in [6, 6.07) is 13.7. The Morgan fingerprint density at radius 1 is 0.875 bits per heavy atom. The monoisotopic (exact) mass is 455 g/mol. The number of pyridine rings is 1. The first kappa shape index (κ1) is 22.9. The number of benzene rings is 1. The van der Waals surface area contributed by atoms with Crippen molar-refractivity contribution in [1.82, 2.24) is 19.1 Å². The smallest absolute Gasteiger partial charge is 0.350 e. The Balaban J connectivity index is 1.59. The van der Waals surface area contributed by atoms with Crippen LogP contribution in [0.15, 0.2) is 53.5 Å². The first-order valence-electron chi connectivity index (χ1n) is 11.3. The first-order chi connectivity index (χ1) is 15.0. The zero-order valence-electron chi connectivity index (χ0n) is 20.0.